The van der Waals surface area contributed by atoms with Gasteiger partial charge in [0.25, 0.3) is 0 Å². The normalized spacial score (nSPS) is 11.1. The van der Waals surface area contributed by atoms with E-state index in [4.69, 9.17) is 26.9 Å². The van der Waals surface area contributed by atoms with E-state index in [0.29, 0.717) is 10.6 Å². The van der Waals surface area contributed by atoms with Gasteiger partial charge in [0.05, 0.1) is 13.5 Å². The predicted molar refractivity (Wildman–Crippen MR) is 85.0 cm³/mol. The van der Waals surface area contributed by atoms with Gasteiger partial charge in [-0.15, -0.1) is 0 Å². The first-order chi connectivity index (χ1) is 10.6. The molecule has 2 N–H and O–H groups in total. The smallest absolute Gasteiger partial charge is 0.339 e. The van der Waals surface area contributed by atoms with Crippen molar-refractivity contribution in [2.45, 2.75) is 6.42 Å². The number of oxime groups is 1. The van der Waals surface area contributed by atoms with Gasteiger partial charge in [0, 0.05) is 10.6 Å². The fourth-order valence-corrected chi connectivity index (χ4v) is 1.84. The summed E-state index contributed by atoms with van der Waals surface area (Å²) in [5.74, 6) is 0.337. The Kier molecular flexibility index (Phi) is 5.38. The fraction of sp³-hybridized carbons (Fsp3) is 0.125. The molecular weight excluding hydrogens is 304 g/mol. The molecule has 0 heterocycles. The van der Waals surface area contributed by atoms with Crippen LogP contribution in [0.15, 0.2) is 53.7 Å². The maximum Gasteiger partial charge on any atom is 0.339 e. The van der Waals surface area contributed by atoms with Crippen LogP contribution >= 0.6 is 11.6 Å². The molecule has 0 aliphatic rings. The number of carbonyl (C=O) groups is 1. The Balaban J connectivity index is 1.93. The van der Waals surface area contributed by atoms with E-state index < -0.39 is 5.97 Å². The van der Waals surface area contributed by atoms with Crippen LogP contribution in [0, 0.1) is 0 Å². The molecule has 0 saturated carbocycles. The number of halogens is 1. The van der Waals surface area contributed by atoms with Crippen LogP contribution in [0.25, 0.3) is 0 Å². The first-order valence-corrected chi connectivity index (χ1v) is 6.88. The van der Waals surface area contributed by atoms with Gasteiger partial charge < -0.3 is 15.3 Å². The van der Waals surface area contributed by atoms with Gasteiger partial charge in [-0.2, -0.15) is 0 Å². The molecule has 0 bridgehead atoms. The predicted octanol–water partition coefficient (Wildman–Crippen LogP) is 2.75. The van der Waals surface area contributed by atoms with E-state index in [2.05, 4.69) is 5.16 Å². The van der Waals surface area contributed by atoms with Gasteiger partial charge in [-0.05, 0) is 42.0 Å². The van der Waals surface area contributed by atoms with Crippen molar-refractivity contribution in [2.24, 2.45) is 10.9 Å². The highest BCUT2D eigenvalue weighted by Gasteiger charge is 2.06. The van der Waals surface area contributed by atoms with Crippen molar-refractivity contribution in [3.63, 3.8) is 0 Å². The number of methoxy groups -OCH3 is 1. The van der Waals surface area contributed by atoms with Crippen LogP contribution in [-0.4, -0.2) is 18.9 Å². The summed E-state index contributed by atoms with van der Waals surface area (Å²) < 4.78 is 5.05. The molecule has 0 radical (unpaired) electrons. The number of ether oxygens (including phenoxy) is 1. The lowest BCUT2D eigenvalue weighted by Gasteiger charge is -2.03. The van der Waals surface area contributed by atoms with Crippen molar-refractivity contribution in [3.8, 4) is 5.75 Å². The number of hydrogen-bond acceptors (Lipinski definition) is 4. The zero-order valence-electron chi connectivity index (χ0n) is 12.0. The van der Waals surface area contributed by atoms with Gasteiger partial charge in [0.2, 0.25) is 0 Å². The summed E-state index contributed by atoms with van der Waals surface area (Å²) in [6.45, 7) is 0. The molecule has 6 heteroatoms. The molecule has 5 nitrogen and oxygen atoms in total. The Morgan fingerprint density at radius 3 is 2.36 bits per heavy atom. The summed E-state index contributed by atoms with van der Waals surface area (Å²) in [5, 5.41) is 4.22. The van der Waals surface area contributed by atoms with E-state index >= 15 is 0 Å². The maximum atomic E-state index is 11.7. The maximum absolute atomic E-state index is 11.7. The zero-order chi connectivity index (χ0) is 15.9. The molecule has 0 spiro atoms. The average molecular weight is 319 g/mol. The van der Waals surface area contributed by atoms with E-state index in [0.717, 1.165) is 11.3 Å². The Morgan fingerprint density at radius 1 is 1.14 bits per heavy atom. The van der Waals surface area contributed by atoms with Crippen molar-refractivity contribution in [3.05, 3.63) is 64.7 Å². The second-order valence-electron chi connectivity index (χ2n) is 4.47. The minimum Gasteiger partial charge on any atom is -0.497 e. The molecular formula is C16H15ClN2O3. The number of carbonyl (C=O) groups excluding carboxylic acids is 1. The van der Waals surface area contributed by atoms with Gasteiger partial charge in [-0.1, -0.05) is 28.9 Å². The summed E-state index contributed by atoms with van der Waals surface area (Å²) in [5.41, 5.74) is 7.16. The molecule has 0 amide bonds. The molecule has 0 aromatic heterocycles. The van der Waals surface area contributed by atoms with E-state index in [1.54, 1.807) is 55.6 Å². The second-order valence-corrected chi connectivity index (χ2v) is 4.91. The fourth-order valence-electron chi connectivity index (χ4n) is 1.72. The molecule has 0 atom stereocenters. The molecule has 114 valence electrons. The van der Waals surface area contributed by atoms with Crippen molar-refractivity contribution in [1.29, 1.82) is 0 Å². The quantitative estimate of drug-likeness (QED) is 0.398. The average Bonchev–Trinajstić information content (AvgIpc) is 2.54. The summed E-state index contributed by atoms with van der Waals surface area (Å²) in [6, 6.07) is 13.9. The van der Waals surface area contributed by atoms with Crippen LogP contribution in [0.3, 0.4) is 0 Å². The minimum atomic E-state index is -0.498. The highest BCUT2D eigenvalue weighted by atomic mass is 35.5. The second kappa shape index (κ2) is 7.47. The van der Waals surface area contributed by atoms with Crippen LogP contribution < -0.4 is 10.5 Å². The minimum absolute atomic E-state index is 0.0986. The van der Waals surface area contributed by atoms with E-state index in [9.17, 15) is 4.79 Å². The highest BCUT2D eigenvalue weighted by Crippen LogP contribution is 2.12. The van der Waals surface area contributed by atoms with Gasteiger partial charge in [-0.25, -0.2) is 4.79 Å². The first-order valence-electron chi connectivity index (χ1n) is 6.50. The van der Waals surface area contributed by atoms with Crippen LogP contribution in [0.2, 0.25) is 5.02 Å². The molecule has 0 aliphatic carbocycles. The number of nitrogens with two attached hydrogens (primary N) is 1. The Hall–Kier alpha value is -2.53. The summed E-state index contributed by atoms with van der Waals surface area (Å²) >= 11 is 5.78. The van der Waals surface area contributed by atoms with Crippen LogP contribution in [0.5, 0.6) is 5.75 Å². The van der Waals surface area contributed by atoms with E-state index in [-0.39, 0.29) is 12.3 Å². The summed E-state index contributed by atoms with van der Waals surface area (Å²) in [6.07, 6.45) is 0.0986. The lowest BCUT2D eigenvalue weighted by Crippen LogP contribution is -2.15. The lowest BCUT2D eigenvalue weighted by molar-refractivity contribution is -0.142. The topological polar surface area (TPSA) is 73.9 Å². The molecule has 2 aromatic rings. The zero-order valence-corrected chi connectivity index (χ0v) is 12.7. The molecule has 0 unspecified atom stereocenters. The number of rotatable bonds is 5. The Morgan fingerprint density at radius 2 is 1.77 bits per heavy atom. The third-order valence-corrected chi connectivity index (χ3v) is 3.15. The molecule has 2 aromatic carbocycles. The Bertz CT molecular complexity index is 667. The standard InChI is InChI=1S/C16H15ClN2O3/c1-21-14-8-2-11(3-9-14)10-15(20)22-19-16(18)12-4-6-13(17)7-5-12/h2-9H,10H2,1H3,(H2,18,19). The van der Waals surface area contributed by atoms with Crippen molar-refractivity contribution in [2.75, 3.05) is 7.11 Å². The third-order valence-electron chi connectivity index (χ3n) is 2.89. The monoisotopic (exact) mass is 318 g/mol. The summed E-state index contributed by atoms with van der Waals surface area (Å²) in [4.78, 5) is 16.5. The van der Waals surface area contributed by atoms with E-state index in [1.165, 1.54) is 0 Å². The molecule has 0 saturated heterocycles. The third kappa shape index (κ3) is 4.49. The van der Waals surface area contributed by atoms with Gasteiger partial charge >= 0.3 is 5.97 Å². The highest BCUT2D eigenvalue weighted by molar-refractivity contribution is 6.30. The van der Waals surface area contributed by atoms with Gasteiger partial charge in [0.15, 0.2) is 5.84 Å². The molecule has 22 heavy (non-hydrogen) atoms. The summed E-state index contributed by atoms with van der Waals surface area (Å²) in [7, 11) is 1.58. The van der Waals surface area contributed by atoms with E-state index in [1.807, 2.05) is 0 Å². The van der Waals surface area contributed by atoms with Crippen LogP contribution in [0.1, 0.15) is 11.1 Å². The number of amidine groups is 1. The molecule has 0 aliphatic heterocycles. The van der Waals surface area contributed by atoms with Crippen molar-refractivity contribution >= 4 is 23.4 Å². The largest absolute Gasteiger partial charge is 0.497 e. The van der Waals surface area contributed by atoms with Crippen molar-refractivity contribution in [1.82, 2.24) is 0 Å². The SMILES string of the molecule is COc1ccc(CC(=O)O/N=C(\N)c2ccc(Cl)cc2)cc1. The molecule has 0 fully saturated rings. The van der Waals surface area contributed by atoms with Crippen LogP contribution in [0.4, 0.5) is 0 Å². The van der Waals surface area contributed by atoms with Gasteiger partial charge in [0.1, 0.15) is 5.75 Å². The van der Waals surface area contributed by atoms with Crippen LogP contribution in [-0.2, 0) is 16.1 Å². The van der Waals surface area contributed by atoms with Crippen molar-refractivity contribution < 1.29 is 14.4 Å². The number of nitrogens with zero attached hydrogens (tertiary/aromatic N) is 1. The first kappa shape index (κ1) is 15.9. The Labute approximate surface area is 133 Å². The van der Waals surface area contributed by atoms with Gasteiger partial charge in [-0.3, -0.25) is 0 Å². The molecule has 2 rings (SSSR count). The number of benzene rings is 2. The lowest BCUT2D eigenvalue weighted by atomic mass is 10.1. The number of hydrogen-bond donors (Lipinski definition) is 1.